The maximum atomic E-state index is 12.6. The Labute approximate surface area is 156 Å². The molecule has 138 valence electrons. The molecule has 0 atom stereocenters. The summed E-state index contributed by atoms with van der Waals surface area (Å²) < 4.78 is 5.19. The average Bonchev–Trinajstić information content (AvgIpc) is 2.67. The van der Waals surface area contributed by atoms with Crippen LogP contribution in [0.25, 0.3) is 11.0 Å². The number of nitrogens with one attached hydrogen (secondary N) is 1. The molecular formula is C21H20N2O4. The van der Waals surface area contributed by atoms with Gasteiger partial charge in [-0.05, 0) is 30.2 Å². The summed E-state index contributed by atoms with van der Waals surface area (Å²) in [4.78, 5) is 38.2. The number of aryl methyl sites for hydroxylation is 1. The van der Waals surface area contributed by atoms with Gasteiger partial charge in [-0.1, -0.05) is 43.3 Å². The van der Waals surface area contributed by atoms with Gasteiger partial charge in [0.2, 0.25) is 5.91 Å². The fraction of sp³-hybridized carbons (Fsp3) is 0.190. The van der Waals surface area contributed by atoms with Crippen LogP contribution in [0.4, 0.5) is 5.69 Å². The van der Waals surface area contributed by atoms with Crippen molar-refractivity contribution in [2.24, 2.45) is 0 Å². The second-order valence-corrected chi connectivity index (χ2v) is 6.21. The van der Waals surface area contributed by atoms with Crippen LogP contribution in [0.2, 0.25) is 0 Å². The second-order valence-electron chi connectivity index (χ2n) is 6.21. The summed E-state index contributed by atoms with van der Waals surface area (Å²) in [7, 11) is 1.47. The third-order valence-corrected chi connectivity index (χ3v) is 4.27. The zero-order valence-electron chi connectivity index (χ0n) is 15.2. The number of hydrogen-bond acceptors (Lipinski definition) is 4. The predicted octanol–water partition coefficient (Wildman–Crippen LogP) is 3.07. The first kappa shape index (κ1) is 18.4. The van der Waals surface area contributed by atoms with Gasteiger partial charge in [-0.3, -0.25) is 9.59 Å². The van der Waals surface area contributed by atoms with E-state index in [2.05, 4.69) is 5.32 Å². The van der Waals surface area contributed by atoms with Crippen molar-refractivity contribution in [3.63, 3.8) is 0 Å². The van der Waals surface area contributed by atoms with Crippen molar-refractivity contribution < 1.29 is 14.0 Å². The first-order valence-electron chi connectivity index (χ1n) is 8.65. The van der Waals surface area contributed by atoms with Gasteiger partial charge in [-0.15, -0.1) is 0 Å². The molecule has 0 unspecified atom stereocenters. The third kappa shape index (κ3) is 4.06. The van der Waals surface area contributed by atoms with Crippen molar-refractivity contribution in [2.75, 3.05) is 18.9 Å². The lowest BCUT2D eigenvalue weighted by Crippen LogP contribution is -2.37. The van der Waals surface area contributed by atoms with Gasteiger partial charge in [0.1, 0.15) is 11.1 Å². The number of hydrogen-bond donors (Lipinski definition) is 1. The van der Waals surface area contributed by atoms with Gasteiger partial charge in [-0.25, -0.2) is 4.79 Å². The molecular weight excluding hydrogens is 344 g/mol. The first-order valence-corrected chi connectivity index (χ1v) is 8.65. The zero-order chi connectivity index (χ0) is 19.4. The standard InChI is InChI=1S/C21H20N2O4/c1-3-14-8-4-6-10-17(14)22-19(24)13-23(2)20(25)16-12-15-9-5-7-11-18(15)27-21(16)26/h4-12H,3,13H2,1-2H3,(H,22,24). The Morgan fingerprint density at radius 3 is 2.56 bits per heavy atom. The van der Waals surface area contributed by atoms with Crippen LogP contribution in [0.15, 0.2) is 63.8 Å². The van der Waals surface area contributed by atoms with Gasteiger partial charge in [0.05, 0.1) is 6.54 Å². The largest absolute Gasteiger partial charge is 0.422 e. The average molecular weight is 364 g/mol. The van der Waals surface area contributed by atoms with E-state index in [0.717, 1.165) is 17.7 Å². The molecule has 6 heteroatoms. The van der Waals surface area contributed by atoms with Gasteiger partial charge in [0.25, 0.3) is 5.91 Å². The van der Waals surface area contributed by atoms with Crippen LogP contribution >= 0.6 is 0 Å². The fourth-order valence-electron chi connectivity index (χ4n) is 2.84. The number of nitrogens with zero attached hydrogens (tertiary/aromatic N) is 1. The van der Waals surface area contributed by atoms with E-state index >= 15 is 0 Å². The van der Waals surface area contributed by atoms with Crippen molar-refractivity contribution in [2.45, 2.75) is 13.3 Å². The van der Waals surface area contributed by atoms with Gasteiger partial charge < -0.3 is 14.6 Å². The SMILES string of the molecule is CCc1ccccc1NC(=O)CN(C)C(=O)c1cc2ccccc2oc1=O. The third-order valence-electron chi connectivity index (χ3n) is 4.27. The minimum absolute atomic E-state index is 0.0991. The molecule has 3 rings (SSSR count). The van der Waals surface area contributed by atoms with Crippen molar-refractivity contribution in [1.82, 2.24) is 4.90 Å². The Balaban J connectivity index is 1.75. The topological polar surface area (TPSA) is 79.6 Å². The Morgan fingerprint density at radius 1 is 1.07 bits per heavy atom. The number of amides is 2. The summed E-state index contributed by atoms with van der Waals surface area (Å²) in [6.45, 7) is 1.82. The van der Waals surface area contributed by atoms with E-state index in [-0.39, 0.29) is 18.0 Å². The molecule has 0 saturated carbocycles. The fourth-order valence-corrected chi connectivity index (χ4v) is 2.84. The number of likely N-dealkylation sites (N-methyl/N-ethyl adjacent to an activating group) is 1. The second kappa shape index (κ2) is 7.86. The van der Waals surface area contributed by atoms with E-state index in [1.54, 1.807) is 24.3 Å². The van der Waals surface area contributed by atoms with Gasteiger partial charge in [-0.2, -0.15) is 0 Å². The molecule has 1 N–H and O–H groups in total. The summed E-state index contributed by atoms with van der Waals surface area (Å²) in [6.07, 6.45) is 0.781. The smallest absolute Gasteiger partial charge is 0.349 e. The molecule has 2 amide bonds. The van der Waals surface area contributed by atoms with Crippen LogP contribution in [0.5, 0.6) is 0 Å². The van der Waals surface area contributed by atoms with E-state index in [1.165, 1.54) is 18.0 Å². The minimum atomic E-state index is -0.720. The van der Waals surface area contributed by atoms with E-state index in [0.29, 0.717) is 11.0 Å². The number of rotatable bonds is 5. The van der Waals surface area contributed by atoms with E-state index in [4.69, 9.17) is 4.42 Å². The molecule has 27 heavy (non-hydrogen) atoms. The lowest BCUT2D eigenvalue weighted by Gasteiger charge is -2.17. The molecule has 0 spiro atoms. The lowest BCUT2D eigenvalue weighted by atomic mass is 10.1. The molecule has 6 nitrogen and oxygen atoms in total. The number of benzene rings is 2. The van der Waals surface area contributed by atoms with Crippen molar-refractivity contribution in [3.05, 3.63) is 76.1 Å². The highest BCUT2D eigenvalue weighted by Crippen LogP contribution is 2.16. The molecule has 2 aromatic carbocycles. The number of fused-ring (bicyclic) bond motifs is 1. The monoisotopic (exact) mass is 364 g/mol. The molecule has 3 aromatic rings. The Hall–Kier alpha value is -3.41. The number of para-hydroxylation sites is 2. The van der Waals surface area contributed by atoms with Crippen LogP contribution in [-0.2, 0) is 11.2 Å². The van der Waals surface area contributed by atoms with Crippen LogP contribution in [-0.4, -0.2) is 30.3 Å². The summed E-state index contributed by atoms with van der Waals surface area (Å²) in [5, 5.41) is 3.46. The Bertz CT molecular complexity index is 1060. The van der Waals surface area contributed by atoms with Crippen molar-refractivity contribution in [3.8, 4) is 0 Å². The van der Waals surface area contributed by atoms with E-state index < -0.39 is 11.5 Å². The molecule has 0 saturated heterocycles. The predicted molar refractivity (Wildman–Crippen MR) is 104 cm³/mol. The molecule has 1 aromatic heterocycles. The highest BCUT2D eigenvalue weighted by molar-refractivity contribution is 6.00. The molecule has 0 fully saturated rings. The van der Waals surface area contributed by atoms with Gasteiger partial charge in [0, 0.05) is 18.1 Å². The van der Waals surface area contributed by atoms with E-state index in [9.17, 15) is 14.4 Å². The highest BCUT2D eigenvalue weighted by atomic mass is 16.4. The zero-order valence-corrected chi connectivity index (χ0v) is 15.2. The van der Waals surface area contributed by atoms with Crippen molar-refractivity contribution in [1.29, 1.82) is 0 Å². The van der Waals surface area contributed by atoms with Gasteiger partial charge >= 0.3 is 5.63 Å². The molecule has 0 bridgehead atoms. The van der Waals surface area contributed by atoms with E-state index in [1.807, 2.05) is 31.2 Å². The maximum absolute atomic E-state index is 12.6. The molecule has 0 aliphatic carbocycles. The molecule has 0 radical (unpaired) electrons. The van der Waals surface area contributed by atoms with Crippen molar-refractivity contribution >= 4 is 28.5 Å². The quantitative estimate of drug-likeness (QED) is 0.706. The highest BCUT2D eigenvalue weighted by Gasteiger charge is 2.20. The summed E-state index contributed by atoms with van der Waals surface area (Å²) in [5.74, 6) is -0.898. The molecule has 0 aliphatic heterocycles. The Kier molecular flexibility index (Phi) is 5.35. The van der Waals surface area contributed by atoms with Gasteiger partial charge in [0.15, 0.2) is 0 Å². The summed E-state index contributed by atoms with van der Waals surface area (Å²) >= 11 is 0. The Morgan fingerprint density at radius 2 is 1.78 bits per heavy atom. The van der Waals surface area contributed by atoms with Crippen LogP contribution in [0, 0.1) is 0 Å². The lowest BCUT2D eigenvalue weighted by molar-refractivity contribution is -0.116. The number of carbonyl (C=O) groups is 2. The summed E-state index contributed by atoms with van der Waals surface area (Å²) in [5.41, 5.74) is 1.32. The first-order chi connectivity index (χ1) is 13.0. The van der Waals surface area contributed by atoms with Crippen LogP contribution in [0.1, 0.15) is 22.8 Å². The van der Waals surface area contributed by atoms with Crippen LogP contribution < -0.4 is 10.9 Å². The van der Waals surface area contributed by atoms with Crippen LogP contribution in [0.3, 0.4) is 0 Å². The normalized spacial score (nSPS) is 10.6. The number of carbonyl (C=O) groups excluding carboxylic acids is 2. The summed E-state index contributed by atoms with van der Waals surface area (Å²) in [6, 6.07) is 15.9. The molecule has 1 heterocycles. The maximum Gasteiger partial charge on any atom is 0.349 e. The molecule has 0 aliphatic rings. The minimum Gasteiger partial charge on any atom is -0.422 e. The number of anilines is 1.